The van der Waals surface area contributed by atoms with Crippen LogP contribution >= 0.6 is 0 Å². The number of nitrogens with one attached hydrogen (secondary N) is 1. The zero-order valence-corrected chi connectivity index (χ0v) is 15.2. The molecule has 1 aromatic heterocycles. The van der Waals surface area contributed by atoms with E-state index in [9.17, 15) is 4.79 Å². The maximum atomic E-state index is 13.0. The largest absolute Gasteiger partial charge is 0.344 e. The van der Waals surface area contributed by atoms with Crippen LogP contribution < -0.4 is 4.90 Å². The van der Waals surface area contributed by atoms with Crippen molar-refractivity contribution < 1.29 is 4.79 Å². The first-order valence-corrected chi connectivity index (χ1v) is 9.99. The first-order chi connectivity index (χ1) is 12.8. The van der Waals surface area contributed by atoms with Crippen LogP contribution in [0.5, 0.6) is 0 Å². The number of amides is 1. The van der Waals surface area contributed by atoms with Crippen molar-refractivity contribution in [1.29, 1.82) is 0 Å². The predicted octanol–water partition coefficient (Wildman–Crippen LogP) is 3.01. The minimum Gasteiger partial charge on any atom is -0.344 e. The molecule has 26 heavy (non-hydrogen) atoms. The van der Waals surface area contributed by atoms with E-state index in [-0.39, 0.29) is 11.9 Å². The molecule has 2 aliphatic heterocycles. The molecule has 0 bridgehead atoms. The number of aromatic amines is 1. The summed E-state index contributed by atoms with van der Waals surface area (Å²) in [6, 6.07) is 8.55. The number of rotatable bonds is 3. The highest BCUT2D eigenvalue weighted by Crippen LogP contribution is 2.33. The van der Waals surface area contributed by atoms with Crippen LogP contribution in [-0.4, -0.2) is 40.4 Å². The van der Waals surface area contributed by atoms with Gasteiger partial charge in [0.2, 0.25) is 5.91 Å². The molecule has 1 aliphatic carbocycles. The van der Waals surface area contributed by atoms with E-state index in [1.165, 1.54) is 29.8 Å². The van der Waals surface area contributed by atoms with Gasteiger partial charge >= 0.3 is 0 Å². The second-order valence-corrected chi connectivity index (χ2v) is 7.81. The van der Waals surface area contributed by atoms with Crippen LogP contribution in [0, 0.1) is 0 Å². The standard InChI is InChI=1S/C21H26N4O/c26-20(25-13-11-15-6-1-4-9-18(15)25)14-24-12-5-10-19(24)21-22-16-7-2-3-8-17(16)23-21/h1,4,6,9,19H,2-3,5,7-8,10-14H2,(H,22,23)/t19-/m1/s1. The number of benzene rings is 1. The van der Waals surface area contributed by atoms with E-state index in [0.717, 1.165) is 56.7 Å². The van der Waals surface area contributed by atoms with Crippen molar-refractivity contribution in [2.24, 2.45) is 0 Å². The lowest BCUT2D eigenvalue weighted by Gasteiger charge is -2.25. The van der Waals surface area contributed by atoms with Crippen LogP contribution in [0.15, 0.2) is 24.3 Å². The molecule has 136 valence electrons. The molecule has 2 aromatic rings. The highest BCUT2D eigenvalue weighted by Gasteiger charge is 2.33. The summed E-state index contributed by atoms with van der Waals surface area (Å²) in [7, 11) is 0. The molecular weight excluding hydrogens is 324 g/mol. The SMILES string of the molecule is O=C(CN1CCC[C@@H]1c1nc2c([nH]1)CCCC2)N1CCc2ccccc21. The number of anilines is 1. The molecule has 1 N–H and O–H groups in total. The molecule has 1 saturated heterocycles. The molecule has 1 fully saturated rings. The second kappa shape index (κ2) is 6.54. The number of hydrogen-bond donors (Lipinski definition) is 1. The van der Waals surface area contributed by atoms with Crippen molar-refractivity contribution in [2.45, 2.75) is 51.0 Å². The van der Waals surface area contributed by atoms with Gasteiger partial charge < -0.3 is 9.88 Å². The summed E-state index contributed by atoms with van der Waals surface area (Å²) in [6.07, 6.45) is 7.93. The van der Waals surface area contributed by atoms with Gasteiger partial charge in [-0.15, -0.1) is 0 Å². The van der Waals surface area contributed by atoms with Gasteiger partial charge in [0.1, 0.15) is 5.82 Å². The summed E-state index contributed by atoms with van der Waals surface area (Å²) in [5, 5.41) is 0. The Morgan fingerprint density at radius 2 is 2.00 bits per heavy atom. The minimum atomic E-state index is 0.221. The molecule has 1 atom stereocenters. The van der Waals surface area contributed by atoms with Gasteiger partial charge in [-0.05, 0) is 63.1 Å². The van der Waals surface area contributed by atoms with Gasteiger partial charge in [0.05, 0.1) is 18.3 Å². The Balaban J connectivity index is 1.32. The number of H-pyrrole nitrogens is 1. The predicted molar refractivity (Wildman–Crippen MR) is 101 cm³/mol. The lowest BCUT2D eigenvalue weighted by Crippen LogP contribution is -2.39. The quantitative estimate of drug-likeness (QED) is 0.926. The third-order valence-corrected chi connectivity index (χ3v) is 6.18. The van der Waals surface area contributed by atoms with Crippen molar-refractivity contribution in [3.63, 3.8) is 0 Å². The highest BCUT2D eigenvalue weighted by atomic mass is 16.2. The summed E-state index contributed by atoms with van der Waals surface area (Å²) >= 11 is 0. The first kappa shape index (κ1) is 16.1. The average Bonchev–Trinajstić information content (AvgIpc) is 3.38. The van der Waals surface area contributed by atoms with E-state index in [0.29, 0.717) is 6.54 Å². The molecule has 0 radical (unpaired) electrons. The summed E-state index contributed by atoms with van der Waals surface area (Å²) in [5.74, 6) is 1.31. The van der Waals surface area contributed by atoms with Crippen LogP contribution in [0.3, 0.4) is 0 Å². The zero-order valence-electron chi connectivity index (χ0n) is 15.2. The van der Waals surface area contributed by atoms with Gasteiger partial charge in [-0.25, -0.2) is 4.98 Å². The maximum absolute atomic E-state index is 13.0. The van der Waals surface area contributed by atoms with Crippen molar-refractivity contribution >= 4 is 11.6 Å². The van der Waals surface area contributed by atoms with E-state index in [2.05, 4.69) is 28.1 Å². The number of fused-ring (bicyclic) bond motifs is 2. The normalized spacial score (nSPS) is 22.5. The van der Waals surface area contributed by atoms with E-state index in [1.807, 2.05) is 11.0 Å². The Kier molecular flexibility index (Phi) is 4.04. The summed E-state index contributed by atoms with van der Waals surface area (Å²) < 4.78 is 0. The summed E-state index contributed by atoms with van der Waals surface area (Å²) in [4.78, 5) is 25.8. The lowest BCUT2D eigenvalue weighted by molar-refractivity contribution is -0.119. The Bertz CT molecular complexity index is 804. The molecule has 5 heteroatoms. The zero-order chi connectivity index (χ0) is 17.5. The molecule has 0 unspecified atom stereocenters. The van der Waals surface area contributed by atoms with Crippen LogP contribution in [0.25, 0.3) is 0 Å². The number of carbonyl (C=O) groups is 1. The smallest absolute Gasteiger partial charge is 0.241 e. The Hall–Kier alpha value is -2.14. The molecule has 5 rings (SSSR count). The minimum absolute atomic E-state index is 0.221. The van der Waals surface area contributed by atoms with Crippen molar-refractivity contribution in [2.75, 3.05) is 24.5 Å². The van der Waals surface area contributed by atoms with Gasteiger partial charge in [-0.2, -0.15) is 0 Å². The molecule has 1 aromatic carbocycles. The molecule has 1 amide bonds. The number of hydrogen-bond acceptors (Lipinski definition) is 3. The van der Waals surface area contributed by atoms with Gasteiger partial charge in [0.15, 0.2) is 0 Å². The van der Waals surface area contributed by atoms with Crippen LogP contribution in [0.4, 0.5) is 5.69 Å². The van der Waals surface area contributed by atoms with E-state index >= 15 is 0 Å². The first-order valence-electron chi connectivity index (χ1n) is 9.99. The lowest BCUT2D eigenvalue weighted by atomic mass is 10.0. The average molecular weight is 350 g/mol. The molecular formula is C21H26N4O. The number of aryl methyl sites for hydroxylation is 2. The number of carbonyl (C=O) groups excluding carboxylic acids is 1. The molecule has 0 spiro atoms. The van der Waals surface area contributed by atoms with E-state index in [1.54, 1.807) is 0 Å². The molecule has 5 nitrogen and oxygen atoms in total. The number of aromatic nitrogens is 2. The van der Waals surface area contributed by atoms with E-state index in [4.69, 9.17) is 4.98 Å². The molecule has 3 aliphatic rings. The fourth-order valence-corrected chi connectivity index (χ4v) is 4.81. The molecule has 3 heterocycles. The monoisotopic (exact) mass is 350 g/mol. The third-order valence-electron chi connectivity index (χ3n) is 6.18. The summed E-state index contributed by atoms with van der Waals surface area (Å²) in [6.45, 7) is 2.29. The van der Waals surface area contributed by atoms with Crippen LogP contribution in [0.2, 0.25) is 0 Å². The number of nitrogens with zero attached hydrogens (tertiary/aromatic N) is 3. The Morgan fingerprint density at radius 3 is 2.92 bits per heavy atom. The van der Waals surface area contributed by atoms with Gasteiger partial charge in [0, 0.05) is 17.9 Å². The van der Waals surface area contributed by atoms with Crippen molar-refractivity contribution in [1.82, 2.24) is 14.9 Å². The van der Waals surface area contributed by atoms with Crippen LogP contribution in [0.1, 0.15) is 54.5 Å². The van der Waals surface area contributed by atoms with E-state index < -0.39 is 0 Å². The van der Waals surface area contributed by atoms with Crippen LogP contribution in [-0.2, 0) is 24.1 Å². The third kappa shape index (κ3) is 2.75. The van der Waals surface area contributed by atoms with Gasteiger partial charge in [-0.3, -0.25) is 9.69 Å². The number of likely N-dealkylation sites (tertiary alicyclic amines) is 1. The fourth-order valence-electron chi connectivity index (χ4n) is 4.81. The Labute approximate surface area is 154 Å². The highest BCUT2D eigenvalue weighted by molar-refractivity contribution is 5.96. The number of imidazole rings is 1. The van der Waals surface area contributed by atoms with Gasteiger partial charge in [-0.1, -0.05) is 18.2 Å². The van der Waals surface area contributed by atoms with Gasteiger partial charge in [0.25, 0.3) is 0 Å². The number of para-hydroxylation sites is 1. The van der Waals surface area contributed by atoms with Crippen molar-refractivity contribution in [3.8, 4) is 0 Å². The molecule has 0 saturated carbocycles. The Morgan fingerprint density at radius 1 is 1.12 bits per heavy atom. The summed E-state index contributed by atoms with van der Waals surface area (Å²) in [5.41, 5.74) is 4.98. The van der Waals surface area contributed by atoms with Crippen molar-refractivity contribution in [3.05, 3.63) is 47.0 Å². The maximum Gasteiger partial charge on any atom is 0.241 e. The fraction of sp³-hybridized carbons (Fsp3) is 0.524. The second-order valence-electron chi connectivity index (χ2n) is 7.81. The topological polar surface area (TPSA) is 52.2 Å².